The molecule has 2 N–H and O–H groups in total. The van der Waals surface area contributed by atoms with E-state index in [0.717, 1.165) is 43.0 Å². The van der Waals surface area contributed by atoms with Crippen LogP contribution in [0.5, 0.6) is 0 Å². The number of carbonyl (C=O) groups is 1. The number of benzene rings is 1. The number of carbonyl (C=O) groups excluding carboxylic acids is 1. The fraction of sp³-hybridized carbons (Fsp3) is 0.471. The van der Waals surface area contributed by atoms with Crippen LogP contribution in [0.1, 0.15) is 41.7 Å². The monoisotopic (exact) mass is 396 g/mol. The van der Waals surface area contributed by atoms with Crippen molar-refractivity contribution in [2.45, 2.75) is 37.1 Å². The molecule has 4 rings (SSSR count). The highest BCUT2D eigenvalue weighted by Gasteiger charge is 2.40. The highest BCUT2D eigenvalue weighted by atomic mass is 35.5. The van der Waals surface area contributed by atoms with Crippen molar-refractivity contribution < 1.29 is 13.9 Å². The summed E-state index contributed by atoms with van der Waals surface area (Å²) in [7, 11) is 0. The average Bonchev–Trinajstić information content (AvgIpc) is 3.24. The standard InChI is InChI=1S/C17H18ClFN4O2S/c18-12-2-1-10(7-13(12)19)11-8-14(11)20-16(24)21-17-23-22-15(26-17)9-3-5-25-6-4-9/h1-2,7,9,11,14H,3-6,8H2,(H2,20,21,23,24)/t11-,14+/m0/s1. The number of halogens is 2. The first-order valence-corrected chi connectivity index (χ1v) is 9.73. The Kier molecular flexibility index (Phi) is 5.06. The number of anilines is 1. The van der Waals surface area contributed by atoms with Crippen LogP contribution in [0.3, 0.4) is 0 Å². The first-order valence-electron chi connectivity index (χ1n) is 8.54. The summed E-state index contributed by atoms with van der Waals surface area (Å²) < 4.78 is 18.9. The van der Waals surface area contributed by atoms with E-state index in [0.29, 0.717) is 11.0 Å². The lowest BCUT2D eigenvalue weighted by atomic mass is 10.0. The van der Waals surface area contributed by atoms with Gasteiger partial charge in [0.05, 0.1) is 5.02 Å². The van der Waals surface area contributed by atoms with Crippen LogP contribution < -0.4 is 10.6 Å². The van der Waals surface area contributed by atoms with E-state index in [4.69, 9.17) is 16.3 Å². The Morgan fingerprint density at radius 1 is 1.31 bits per heavy atom. The third-order valence-corrected chi connectivity index (χ3v) is 6.02. The van der Waals surface area contributed by atoms with Gasteiger partial charge in [-0.3, -0.25) is 5.32 Å². The highest BCUT2D eigenvalue weighted by Crippen LogP contribution is 2.41. The third-order valence-electron chi connectivity index (χ3n) is 4.71. The van der Waals surface area contributed by atoms with E-state index >= 15 is 0 Å². The van der Waals surface area contributed by atoms with E-state index in [9.17, 15) is 9.18 Å². The molecule has 1 saturated carbocycles. The number of nitrogens with zero attached hydrogens (tertiary/aromatic N) is 2. The van der Waals surface area contributed by atoms with Crippen LogP contribution in [0, 0.1) is 5.82 Å². The van der Waals surface area contributed by atoms with Gasteiger partial charge in [-0.15, -0.1) is 10.2 Å². The van der Waals surface area contributed by atoms with Gasteiger partial charge in [-0.25, -0.2) is 9.18 Å². The van der Waals surface area contributed by atoms with Gasteiger partial charge in [0.2, 0.25) is 5.13 Å². The summed E-state index contributed by atoms with van der Waals surface area (Å²) in [6, 6.07) is 4.43. The minimum Gasteiger partial charge on any atom is -0.381 e. The molecule has 1 aliphatic heterocycles. The fourth-order valence-electron chi connectivity index (χ4n) is 3.16. The molecule has 2 aromatic rings. The van der Waals surface area contributed by atoms with Gasteiger partial charge in [0.1, 0.15) is 10.8 Å². The Hall–Kier alpha value is -1.77. The normalized spacial score (nSPS) is 22.8. The topological polar surface area (TPSA) is 76.1 Å². The fourth-order valence-corrected chi connectivity index (χ4v) is 4.19. The van der Waals surface area contributed by atoms with Gasteiger partial charge in [-0.1, -0.05) is 29.0 Å². The third kappa shape index (κ3) is 3.97. The summed E-state index contributed by atoms with van der Waals surface area (Å²) in [6.07, 6.45) is 2.64. The van der Waals surface area contributed by atoms with Crippen LogP contribution in [0.2, 0.25) is 5.02 Å². The number of nitrogens with one attached hydrogen (secondary N) is 2. The molecule has 1 aromatic heterocycles. The Morgan fingerprint density at radius 2 is 2.12 bits per heavy atom. The highest BCUT2D eigenvalue weighted by molar-refractivity contribution is 7.15. The number of hydrogen-bond donors (Lipinski definition) is 2. The maximum Gasteiger partial charge on any atom is 0.321 e. The number of rotatable bonds is 4. The molecule has 0 radical (unpaired) electrons. The van der Waals surface area contributed by atoms with Crippen molar-refractivity contribution >= 4 is 34.1 Å². The second-order valence-corrected chi connectivity index (χ2v) is 7.97. The molecule has 9 heteroatoms. The molecule has 2 amide bonds. The quantitative estimate of drug-likeness (QED) is 0.821. The van der Waals surface area contributed by atoms with Gasteiger partial charge in [-0.05, 0) is 37.0 Å². The zero-order valence-electron chi connectivity index (χ0n) is 13.9. The molecule has 1 aromatic carbocycles. The van der Waals surface area contributed by atoms with Crippen LogP contribution >= 0.6 is 22.9 Å². The van der Waals surface area contributed by atoms with Gasteiger partial charge >= 0.3 is 6.03 Å². The predicted molar refractivity (Wildman–Crippen MR) is 97.4 cm³/mol. The molecule has 26 heavy (non-hydrogen) atoms. The number of urea groups is 1. The van der Waals surface area contributed by atoms with Crippen molar-refractivity contribution in [2.75, 3.05) is 18.5 Å². The molecule has 2 heterocycles. The minimum absolute atomic E-state index is 0.0153. The molecule has 0 spiro atoms. The van der Waals surface area contributed by atoms with Crippen LogP contribution in [0.4, 0.5) is 14.3 Å². The average molecular weight is 397 g/mol. The van der Waals surface area contributed by atoms with Crippen LogP contribution in [0.15, 0.2) is 18.2 Å². The van der Waals surface area contributed by atoms with Crippen molar-refractivity contribution in [1.29, 1.82) is 0 Å². The lowest BCUT2D eigenvalue weighted by molar-refractivity contribution is 0.0851. The second-order valence-electron chi connectivity index (χ2n) is 6.55. The van der Waals surface area contributed by atoms with E-state index < -0.39 is 5.82 Å². The van der Waals surface area contributed by atoms with Crippen molar-refractivity contribution in [3.8, 4) is 0 Å². The number of hydrogen-bond acceptors (Lipinski definition) is 5. The number of amides is 2. The summed E-state index contributed by atoms with van der Waals surface area (Å²) in [5.41, 5.74) is 0.843. The van der Waals surface area contributed by atoms with Gasteiger partial charge in [-0.2, -0.15) is 0 Å². The smallest absolute Gasteiger partial charge is 0.321 e. The molecule has 0 bridgehead atoms. The molecule has 2 atom stereocenters. The molecule has 2 aliphatic rings. The molecule has 2 fully saturated rings. The van der Waals surface area contributed by atoms with Crippen molar-refractivity contribution in [2.24, 2.45) is 0 Å². The molecule has 6 nitrogen and oxygen atoms in total. The van der Waals surface area contributed by atoms with Gasteiger partial charge in [0.15, 0.2) is 0 Å². The molecule has 0 unspecified atom stereocenters. The molecular weight excluding hydrogens is 379 g/mol. The SMILES string of the molecule is O=C(Nc1nnc(C2CCOCC2)s1)N[C@@H]1C[C@H]1c1ccc(Cl)c(F)c1. The maximum absolute atomic E-state index is 13.5. The number of aromatic nitrogens is 2. The van der Waals surface area contributed by atoms with Gasteiger partial charge < -0.3 is 10.1 Å². The first-order chi connectivity index (χ1) is 12.6. The van der Waals surface area contributed by atoms with Crippen molar-refractivity contribution in [3.63, 3.8) is 0 Å². The lowest BCUT2D eigenvalue weighted by Crippen LogP contribution is -2.31. The van der Waals surface area contributed by atoms with Crippen LogP contribution in [-0.4, -0.2) is 35.5 Å². The maximum atomic E-state index is 13.5. The minimum atomic E-state index is -0.436. The van der Waals surface area contributed by atoms with Gasteiger partial charge in [0.25, 0.3) is 0 Å². The largest absolute Gasteiger partial charge is 0.381 e. The second kappa shape index (κ2) is 7.46. The summed E-state index contributed by atoms with van der Waals surface area (Å²) in [5.74, 6) is 0.0287. The van der Waals surface area contributed by atoms with E-state index in [1.807, 2.05) is 0 Å². The lowest BCUT2D eigenvalue weighted by Gasteiger charge is -2.18. The number of ether oxygens (including phenoxy) is 1. The molecular formula is C17H18ClFN4O2S. The summed E-state index contributed by atoms with van der Waals surface area (Å²) in [4.78, 5) is 12.1. The van der Waals surface area contributed by atoms with E-state index in [1.165, 1.54) is 17.4 Å². The first kappa shape index (κ1) is 17.6. The summed E-state index contributed by atoms with van der Waals surface area (Å²) in [5, 5.41) is 15.4. The molecule has 1 saturated heterocycles. The molecule has 1 aliphatic carbocycles. The van der Waals surface area contributed by atoms with Crippen LogP contribution in [0.25, 0.3) is 0 Å². The molecule has 138 valence electrons. The Morgan fingerprint density at radius 3 is 2.88 bits per heavy atom. The van der Waals surface area contributed by atoms with Crippen molar-refractivity contribution in [3.05, 3.63) is 39.6 Å². The Bertz CT molecular complexity index is 812. The summed E-state index contributed by atoms with van der Waals surface area (Å²) >= 11 is 7.10. The zero-order chi connectivity index (χ0) is 18.1. The van der Waals surface area contributed by atoms with Crippen LogP contribution in [-0.2, 0) is 4.74 Å². The summed E-state index contributed by atoms with van der Waals surface area (Å²) in [6.45, 7) is 1.48. The van der Waals surface area contributed by atoms with Crippen molar-refractivity contribution in [1.82, 2.24) is 15.5 Å². The van der Waals surface area contributed by atoms with E-state index in [2.05, 4.69) is 20.8 Å². The Balaban J connectivity index is 1.29. The zero-order valence-corrected chi connectivity index (χ0v) is 15.4. The predicted octanol–water partition coefficient (Wildman–Crippen LogP) is 3.90. The van der Waals surface area contributed by atoms with E-state index in [1.54, 1.807) is 12.1 Å². The van der Waals surface area contributed by atoms with Gasteiger partial charge in [0, 0.05) is 31.1 Å². The van der Waals surface area contributed by atoms with E-state index in [-0.39, 0.29) is 23.0 Å². The Labute approximate surface area is 159 Å².